The van der Waals surface area contributed by atoms with E-state index >= 15 is 0 Å². The predicted octanol–water partition coefficient (Wildman–Crippen LogP) is 21.5. The fourth-order valence-electron chi connectivity index (χ4n) is 10.1. The number of hydrogen-bond acceptors (Lipinski definition) is 0. The van der Waals surface area contributed by atoms with Crippen molar-refractivity contribution in [3.63, 3.8) is 0 Å². The van der Waals surface area contributed by atoms with Gasteiger partial charge in [0, 0.05) is 0 Å². The molecule has 462 valence electrons. The van der Waals surface area contributed by atoms with Crippen LogP contribution in [0.15, 0.2) is 158 Å². The molecule has 8 aromatic carbocycles. The highest BCUT2D eigenvalue weighted by molar-refractivity contribution is 6.92. The first-order chi connectivity index (χ1) is 38.9. The summed E-state index contributed by atoms with van der Waals surface area (Å²) in [5, 5.41) is 7.96. The highest BCUT2D eigenvalue weighted by Gasteiger charge is 2.25. The monoisotopic (exact) mass is 1220 g/mol. The molecule has 0 aliphatic heterocycles. The van der Waals surface area contributed by atoms with Gasteiger partial charge in [-0.25, -0.2) is 0 Å². The third kappa shape index (κ3) is 29.9. The van der Waals surface area contributed by atoms with Crippen LogP contribution < -0.4 is 25.9 Å². The standard InChI is InChI=1S/C13H24Si2.3C10H16Si.C10H14.3C9H12/c1-11-12(14(2,3)4)9-8-10-13(11)15(5,6)7;1-9-5-7-10(8-6-9)11(2,3)4;1-9-6-5-7-10(8-9)11(2,3)4;1-9-7-5-6-8-10(9)11(2,3)4;1-7-5-8(2)10(4)9(3)6-7;1-7-4-8(2)6-9(3)5-7;1-7-4-5-8(2)9(3)6-7;1-7-5-4-6-8(2)9(7)3/h8-10H,1-7H3;3*5-8H,1-4H3;5-6H,1-4H3;3*4-6H,1-3H3. The van der Waals surface area contributed by atoms with Crippen LogP contribution in [0, 0.1) is 118 Å². The van der Waals surface area contributed by atoms with E-state index in [4.69, 9.17) is 0 Å². The molecule has 0 saturated carbocycles. The van der Waals surface area contributed by atoms with Crippen molar-refractivity contribution in [2.75, 3.05) is 0 Å². The molecule has 8 aromatic rings. The molecule has 0 atom stereocenters. The topological polar surface area (TPSA) is 0 Å². The maximum atomic E-state index is 2.43. The van der Waals surface area contributed by atoms with Crippen LogP contribution in [0.3, 0.4) is 0 Å². The molecule has 0 fully saturated rings. The van der Waals surface area contributed by atoms with E-state index < -0.39 is 40.4 Å². The molecule has 8 rings (SSSR count). The fraction of sp³-hybridized carbons (Fsp3) is 0.400. The molecular formula is C80H122Si5. The van der Waals surface area contributed by atoms with Gasteiger partial charge in [0.05, 0.1) is 40.4 Å². The lowest BCUT2D eigenvalue weighted by atomic mass is 10.0. The molecule has 0 aliphatic carbocycles. The second-order valence-corrected chi connectivity index (χ2v) is 54.8. The fourth-order valence-corrected chi connectivity index (χ4v) is 18.2. The minimum Gasteiger partial charge on any atom is -0.0656 e. The Labute approximate surface area is 530 Å². The smallest absolute Gasteiger partial charge is 0.0656 e. The molecule has 0 nitrogen and oxygen atoms in total. The molecule has 0 bridgehead atoms. The number of hydrogen-bond donors (Lipinski definition) is 0. The lowest BCUT2D eigenvalue weighted by Gasteiger charge is -2.26. The van der Waals surface area contributed by atoms with Gasteiger partial charge in [0.1, 0.15) is 0 Å². The van der Waals surface area contributed by atoms with E-state index in [-0.39, 0.29) is 0 Å². The summed E-state index contributed by atoms with van der Waals surface area (Å²) in [4.78, 5) is 0. The first-order valence-corrected chi connectivity index (χ1v) is 48.8. The highest BCUT2D eigenvalue weighted by Crippen LogP contribution is 2.16. The van der Waals surface area contributed by atoms with Crippen molar-refractivity contribution >= 4 is 66.3 Å². The lowest BCUT2D eigenvalue weighted by molar-refractivity contribution is 1.23. The summed E-state index contributed by atoms with van der Waals surface area (Å²) < 4.78 is 0. The molecule has 0 spiro atoms. The van der Waals surface area contributed by atoms with Gasteiger partial charge >= 0.3 is 0 Å². The second kappa shape index (κ2) is 35.0. The minimum atomic E-state index is -1.17. The van der Waals surface area contributed by atoms with Gasteiger partial charge in [0.2, 0.25) is 0 Å². The maximum absolute atomic E-state index is 2.43. The van der Waals surface area contributed by atoms with Crippen molar-refractivity contribution in [2.45, 2.75) is 216 Å². The van der Waals surface area contributed by atoms with Crippen molar-refractivity contribution in [3.8, 4) is 0 Å². The van der Waals surface area contributed by atoms with E-state index in [9.17, 15) is 0 Å². The molecule has 0 aliphatic rings. The van der Waals surface area contributed by atoms with Crippen LogP contribution in [-0.2, 0) is 0 Å². The van der Waals surface area contributed by atoms with Gasteiger partial charge in [0.15, 0.2) is 0 Å². The van der Waals surface area contributed by atoms with Gasteiger partial charge in [-0.3, -0.25) is 0 Å². The summed E-state index contributed by atoms with van der Waals surface area (Å²) in [7, 11) is -5.53. The van der Waals surface area contributed by atoms with Gasteiger partial charge in [-0.2, -0.15) is 0 Å². The Balaban J connectivity index is 0.000000488. The summed E-state index contributed by atoms with van der Waals surface area (Å²) in [6, 6.07) is 57.4. The molecule has 5 heteroatoms. The number of aryl methyl sites for hydroxylation is 14. The van der Waals surface area contributed by atoms with E-state index in [0.717, 1.165) is 0 Å². The van der Waals surface area contributed by atoms with Gasteiger partial charge in [-0.15, -0.1) is 0 Å². The van der Waals surface area contributed by atoms with Crippen molar-refractivity contribution in [3.05, 3.63) is 252 Å². The normalized spacial score (nSPS) is 11.1. The van der Waals surface area contributed by atoms with Crippen LogP contribution in [-0.4, -0.2) is 40.4 Å². The summed E-state index contributed by atoms with van der Waals surface area (Å²) in [5.74, 6) is 0. The average molecular weight is 1220 g/mol. The van der Waals surface area contributed by atoms with Crippen LogP contribution in [0.5, 0.6) is 0 Å². The van der Waals surface area contributed by atoms with Gasteiger partial charge in [-0.1, -0.05) is 332 Å². The Bertz CT molecular complexity index is 3160. The lowest BCUT2D eigenvalue weighted by Crippen LogP contribution is -2.48. The van der Waals surface area contributed by atoms with Gasteiger partial charge in [0.25, 0.3) is 0 Å². The summed E-state index contributed by atoms with van der Waals surface area (Å²) in [6.07, 6.45) is 0. The molecule has 0 saturated heterocycles. The van der Waals surface area contributed by atoms with Crippen molar-refractivity contribution in [1.82, 2.24) is 0 Å². The van der Waals surface area contributed by atoms with Crippen molar-refractivity contribution in [1.29, 1.82) is 0 Å². The molecule has 0 unspecified atom stereocenters. The molecule has 0 aromatic heterocycles. The van der Waals surface area contributed by atoms with Crippen LogP contribution in [0.4, 0.5) is 0 Å². The van der Waals surface area contributed by atoms with E-state index in [1.807, 2.05) is 0 Å². The van der Waals surface area contributed by atoms with Crippen molar-refractivity contribution in [2.24, 2.45) is 0 Å². The molecule has 85 heavy (non-hydrogen) atoms. The maximum Gasteiger partial charge on any atom is 0.0779 e. The van der Waals surface area contributed by atoms with Crippen LogP contribution >= 0.6 is 0 Å². The molecular weight excluding hydrogens is 1100 g/mol. The van der Waals surface area contributed by atoms with E-state index in [0.29, 0.717) is 0 Å². The zero-order valence-electron chi connectivity index (χ0n) is 60.5. The third-order valence-corrected chi connectivity index (χ3v) is 26.3. The number of rotatable bonds is 5. The Morgan fingerprint density at radius 3 is 0.847 bits per heavy atom. The minimum absolute atomic E-state index is 1.06. The van der Waals surface area contributed by atoms with Crippen LogP contribution in [0.25, 0.3) is 0 Å². The molecule has 0 radical (unpaired) electrons. The molecule has 0 amide bonds. The summed E-state index contributed by atoms with van der Waals surface area (Å²) in [6.45, 7) is 72.7. The van der Waals surface area contributed by atoms with E-state index in [2.05, 4.69) is 374 Å². The SMILES string of the molecule is Cc1c([Si](C)(C)C)cccc1[Si](C)(C)C.Cc1cc(C)c(C)c(C)c1.Cc1cc(C)cc(C)c1.Cc1ccc(C)c(C)c1.Cc1ccc([Si](C)(C)C)cc1.Cc1cccc(C)c1C.Cc1cccc([Si](C)(C)C)c1.Cc1ccccc1[Si](C)(C)C. The zero-order valence-corrected chi connectivity index (χ0v) is 65.5. The Kier molecular flexibility index (Phi) is 32.1. The van der Waals surface area contributed by atoms with Crippen LogP contribution in [0.2, 0.25) is 98.2 Å². The largest absolute Gasteiger partial charge is 0.0779 e. The third-order valence-electron chi connectivity index (χ3n) is 15.7. The average Bonchev–Trinajstić information content (AvgIpc) is 3.57. The second-order valence-electron chi connectivity index (χ2n) is 29.6. The quantitative estimate of drug-likeness (QED) is 0.151. The Morgan fingerprint density at radius 1 is 0.176 bits per heavy atom. The Hall–Kier alpha value is -5.16. The summed E-state index contributed by atoms with van der Waals surface area (Å²) in [5.41, 5.74) is 23.7. The van der Waals surface area contributed by atoms with E-state index in [1.165, 1.54) is 89.0 Å². The van der Waals surface area contributed by atoms with Crippen molar-refractivity contribution < 1.29 is 0 Å². The highest BCUT2D eigenvalue weighted by atomic mass is 28.3. The molecule has 0 heterocycles. The zero-order chi connectivity index (χ0) is 65.6. The van der Waals surface area contributed by atoms with Gasteiger partial charge < -0.3 is 0 Å². The van der Waals surface area contributed by atoms with Gasteiger partial charge in [-0.05, 0) is 162 Å². The van der Waals surface area contributed by atoms with Crippen LogP contribution in [0.1, 0.15) is 94.6 Å². The number of benzene rings is 8. The van der Waals surface area contributed by atoms with E-state index in [1.54, 1.807) is 31.5 Å². The Morgan fingerprint density at radius 2 is 0.506 bits per heavy atom. The molecule has 0 N–H and O–H groups in total. The first-order valence-electron chi connectivity index (χ1n) is 31.3. The first kappa shape index (κ1) is 77.9. The summed E-state index contributed by atoms with van der Waals surface area (Å²) >= 11 is 0. The predicted molar refractivity (Wildman–Crippen MR) is 407 cm³/mol.